The van der Waals surface area contributed by atoms with Gasteiger partial charge in [-0.05, 0) is 38.0 Å². The highest BCUT2D eigenvalue weighted by Gasteiger charge is 2.43. The Hall–Kier alpha value is -0.0600. The van der Waals surface area contributed by atoms with Crippen molar-refractivity contribution < 1.29 is 0 Å². The molecular formula is C14H24N2S2. The molecule has 1 saturated heterocycles. The van der Waals surface area contributed by atoms with Crippen LogP contribution < -0.4 is 5.32 Å². The quantitative estimate of drug-likeness (QED) is 0.915. The maximum absolute atomic E-state index is 4.83. The lowest BCUT2D eigenvalue weighted by Crippen LogP contribution is -2.50. The third kappa shape index (κ3) is 2.75. The number of aromatic nitrogens is 1. The smallest absolute Gasteiger partial charge is 0.114 e. The van der Waals surface area contributed by atoms with Crippen molar-refractivity contribution in [3.63, 3.8) is 0 Å². The Labute approximate surface area is 119 Å². The zero-order valence-corrected chi connectivity index (χ0v) is 13.7. The van der Waals surface area contributed by atoms with Gasteiger partial charge in [-0.3, -0.25) is 0 Å². The van der Waals surface area contributed by atoms with Crippen LogP contribution in [0.4, 0.5) is 0 Å². The van der Waals surface area contributed by atoms with Crippen molar-refractivity contribution in [2.45, 2.75) is 46.6 Å². The summed E-state index contributed by atoms with van der Waals surface area (Å²) in [6.45, 7) is 12.3. The molecule has 18 heavy (non-hydrogen) atoms. The van der Waals surface area contributed by atoms with Crippen molar-refractivity contribution in [3.8, 4) is 0 Å². The molecule has 0 radical (unpaired) electrons. The van der Waals surface area contributed by atoms with E-state index in [1.165, 1.54) is 27.8 Å². The lowest BCUT2D eigenvalue weighted by molar-refractivity contribution is 0.227. The van der Waals surface area contributed by atoms with Crippen molar-refractivity contribution >= 4 is 23.1 Å². The number of nitrogens with zero attached hydrogens (tertiary/aromatic N) is 1. The monoisotopic (exact) mass is 284 g/mol. The van der Waals surface area contributed by atoms with Gasteiger partial charge >= 0.3 is 0 Å². The minimum absolute atomic E-state index is 0.0881. The van der Waals surface area contributed by atoms with Gasteiger partial charge < -0.3 is 5.32 Å². The van der Waals surface area contributed by atoms with E-state index >= 15 is 0 Å². The standard InChI is InChI=1S/C14H24N2S2/c1-6-15-14(7-13(4,5)8-17-9-14)12-16-10(2)11(3)18-12/h15H,6-9H2,1-5H3. The van der Waals surface area contributed by atoms with Gasteiger partial charge in [0.1, 0.15) is 5.01 Å². The first-order valence-electron chi connectivity index (χ1n) is 6.66. The molecule has 0 saturated carbocycles. The highest BCUT2D eigenvalue weighted by molar-refractivity contribution is 7.99. The molecular weight excluding hydrogens is 260 g/mol. The van der Waals surface area contributed by atoms with E-state index in [-0.39, 0.29) is 5.54 Å². The first kappa shape index (κ1) is 14.4. The van der Waals surface area contributed by atoms with Gasteiger partial charge in [0, 0.05) is 10.6 Å². The van der Waals surface area contributed by atoms with E-state index < -0.39 is 0 Å². The van der Waals surface area contributed by atoms with Crippen LogP contribution in [0.5, 0.6) is 0 Å². The van der Waals surface area contributed by atoms with E-state index in [9.17, 15) is 0 Å². The van der Waals surface area contributed by atoms with Crippen LogP contribution >= 0.6 is 23.1 Å². The van der Waals surface area contributed by atoms with Crippen molar-refractivity contribution in [2.24, 2.45) is 5.41 Å². The van der Waals surface area contributed by atoms with Gasteiger partial charge in [0.15, 0.2) is 0 Å². The largest absolute Gasteiger partial charge is 0.305 e. The SMILES string of the molecule is CCNC1(c2nc(C)c(C)s2)CSCC(C)(C)C1. The molecule has 0 aliphatic carbocycles. The summed E-state index contributed by atoms with van der Waals surface area (Å²) in [5.74, 6) is 2.40. The molecule has 1 N–H and O–H groups in total. The topological polar surface area (TPSA) is 24.9 Å². The second kappa shape index (κ2) is 5.14. The minimum atomic E-state index is 0.0881. The maximum Gasteiger partial charge on any atom is 0.114 e. The van der Waals surface area contributed by atoms with Crippen LogP contribution in [0.2, 0.25) is 0 Å². The van der Waals surface area contributed by atoms with E-state index in [0.717, 1.165) is 12.3 Å². The summed E-state index contributed by atoms with van der Waals surface area (Å²) in [7, 11) is 0. The molecule has 0 aromatic carbocycles. The van der Waals surface area contributed by atoms with E-state index in [2.05, 4.69) is 51.7 Å². The summed E-state index contributed by atoms with van der Waals surface area (Å²) in [6, 6.07) is 0. The molecule has 0 spiro atoms. The molecule has 1 aliphatic rings. The first-order valence-corrected chi connectivity index (χ1v) is 8.63. The molecule has 1 aliphatic heterocycles. The number of hydrogen-bond donors (Lipinski definition) is 1. The number of rotatable bonds is 3. The van der Waals surface area contributed by atoms with Crippen LogP contribution in [0.1, 0.15) is 42.8 Å². The van der Waals surface area contributed by atoms with Gasteiger partial charge in [-0.25, -0.2) is 4.98 Å². The van der Waals surface area contributed by atoms with Gasteiger partial charge in [-0.1, -0.05) is 20.8 Å². The molecule has 0 amide bonds. The molecule has 1 unspecified atom stereocenters. The van der Waals surface area contributed by atoms with Crippen LogP contribution in [0, 0.1) is 19.3 Å². The fourth-order valence-corrected chi connectivity index (χ4v) is 5.38. The summed E-state index contributed by atoms with van der Waals surface area (Å²) < 4.78 is 0. The van der Waals surface area contributed by atoms with Crippen LogP contribution in [-0.4, -0.2) is 23.0 Å². The minimum Gasteiger partial charge on any atom is -0.305 e. The lowest BCUT2D eigenvalue weighted by Gasteiger charge is -2.44. The molecule has 2 nitrogen and oxygen atoms in total. The Bertz CT molecular complexity index is 402. The van der Waals surface area contributed by atoms with Crippen molar-refractivity contribution in [1.82, 2.24) is 10.3 Å². The van der Waals surface area contributed by atoms with E-state index in [4.69, 9.17) is 4.98 Å². The van der Waals surface area contributed by atoms with Crippen molar-refractivity contribution in [3.05, 3.63) is 15.6 Å². The predicted octanol–water partition coefficient (Wildman–Crippen LogP) is 3.73. The maximum atomic E-state index is 4.83. The summed E-state index contributed by atoms with van der Waals surface area (Å²) in [6.07, 6.45) is 1.19. The number of thioether (sulfide) groups is 1. The fraction of sp³-hybridized carbons (Fsp3) is 0.786. The first-order chi connectivity index (χ1) is 8.38. The second-order valence-corrected chi connectivity index (χ2v) is 8.30. The molecule has 2 heterocycles. The molecule has 2 rings (SSSR count). The van der Waals surface area contributed by atoms with Crippen LogP contribution in [0.3, 0.4) is 0 Å². The lowest BCUT2D eigenvalue weighted by atomic mass is 9.80. The van der Waals surface area contributed by atoms with Gasteiger partial charge in [0.2, 0.25) is 0 Å². The van der Waals surface area contributed by atoms with Crippen molar-refractivity contribution in [1.29, 1.82) is 0 Å². The second-order valence-electron chi connectivity index (χ2n) is 6.11. The van der Waals surface area contributed by atoms with E-state index in [1.807, 2.05) is 11.3 Å². The molecule has 0 bridgehead atoms. The van der Waals surface area contributed by atoms with E-state index in [1.54, 1.807) is 0 Å². The molecule has 1 atom stereocenters. The molecule has 4 heteroatoms. The number of nitrogens with one attached hydrogen (secondary N) is 1. The summed E-state index contributed by atoms with van der Waals surface area (Å²) in [5.41, 5.74) is 1.67. The number of aryl methyl sites for hydroxylation is 2. The average Bonchev–Trinajstić information content (AvgIpc) is 2.59. The van der Waals surface area contributed by atoms with Gasteiger partial charge in [-0.2, -0.15) is 11.8 Å². The highest BCUT2D eigenvalue weighted by Crippen LogP contribution is 2.45. The van der Waals surface area contributed by atoms with Gasteiger partial charge in [0.05, 0.1) is 11.2 Å². The Kier molecular flexibility index (Phi) is 4.10. The van der Waals surface area contributed by atoms with Crippen LogP contribution in [0.25, 0.3) is 0 Å². The summed E-state index contributed by atoms with van der Waals surface area (Å²) in [4.78, 5) is 6.19. The van der Waals surface area contributed by atoms with Gasteiger partial charge in [-0.15, -0.1) is 11.3 Å². The molecule has 1 fully saturated rings. The number of hydrogen-bond acceptors (Lipinski definition) is 4. The molecule has 102 valence electrons. The Morgan fingerprint density at radius 3 is 2.50 bits per heavy atom. The zero-order chi connectivity index (χ0) is 13.4. The van der Waals surface area contributed by atoms with E-state index in [0.29, 0.717) is 5.41 Å². The third-order valence-corrected chi connectivity index (χ3v) is 6.53. The zero-order valence-electron chi connectivity index (χ0n) is 12.1. The summed E-state index contributed by atoms with van der Waals surface area (Å²) in [5, 5.41) is 5.03. The normalized spacial score (nSPS) is 27.4. The molecule has 1 aromatic rings. The number of thiazole rings is 1. The van der Waals surface area contributed by atoms with Crippen LogP contribution in [0.15, 0.2) is 0 Å². The Morgan fingerprint density at radius 1 is 1.28 bits per heavy atom. The average molecular weight is 284 g/mol. The van der Waals surface area contributed by atoms with Gasteiger partial charge in [0.25, 0.3) is 0 Å². The molecule has 1 aromatic heterocycles. The highest BCUT2D eigenvalue weighted by atomic mass is 32.2. The summed E-state index contributed by atoms with van der Waals surface area (Å²) >= 11 is 3.94. The Morgan fingerprint density at radius 2 is 2.00 bits per heavy atom. The fourth-order valence-electron chi connectivity index (χ4n) is 2.76. The predicted molar refractivity (Wildman–Crippen MR) is 82.7 cm³/mol. The third-order valence-electron chi connectivity index (χ3n) is 3.57. The van der Waals surface area contributed by atoms with Crippen LogP contribution in [-0.2, 0) is 5.54 Å². The Balaban J connectivity index is 2.37. The van der Waals surface area contributed by atoms with Crippen molar-refractivity contribution in [2.75, 3.05) is 18.1 Å².